The van der Waals surface area contributed by atoms with E-state index in [0.29, 0.717) is 16.3 Å². The van der Waals surface area contributed by atoms with E-state index in [4.69, 9.17) is 16.3 Å². The fraction of sp³-hybridized carbons (Fsp3) is 0.143. The van der Waals surface area contributed by atoms with E-state index in [1.807, 2.05) is 6.92 Å². The van der Waals surface area contributed by atoms with Crippen LogP contribution in [0.5, 0.6) is 11.5 Å². The molecule has 2 aromatic rings. The largest absolute Gasteiger partial charge is 0.454 e. The standard InChI is InChI=1S/C14H12ClFO2/c1-9-2-4-12(16)14(6-9)18-13-5-3-11(15)7-10(13)8-17/h2-7,17H,8H2,1H3. The van der Waals surface area contributed by atoms with Gasteiger partial charge < -0.3 is 9.84 Å². The van der Waals surface area contributed by atoms with E-state index in [-0.39, 0.29) is 12.4 Å². The Morgan fingerprint density at radius 1 is 1.17 bits per heavy atom. The van der Waals surface area contributed by atoms with Crippen molar-refractivity contribution in [2.45, 2.75) is 13.5 Å². The van der Waals surface area contributed by atoms with Crippen molar-refractivity contribution < 1.29 is 14.2 Å². The first-order valence-corrected chi connectivity index (χ1v) is 5.81. The minimum Gasteiger partial charge on any atom is -0.454 e. The van der Waals surface area contributed by atoms with Crippen LogP contribution in [0.15, 0.2) is 36.4 Å². The number of hydrogen-bond acceptors (Lipinski definition) is 2. The third-order valence-electron chi connectivity index (χ3n) is 2.50. The molecule has 0 aromatic heterocycles. The molecule has 1 N–H and O–H groups in total. The molecule has 0 heterocycles. The van der Waals surface area contributed by atoms with Crippen molar-refractivity contribution in [3.05, 3.63) is 58.4 Å². The van der Waals surface area contributed by atoms with E-state index < -0.39 is 5.82 Å². The van der Waals surface area contributed by atoms with E-state index in [1.165, 1.54) is 6.07 Å². The number of aryl methyl sites for hydroxylation is 1. The van der Waals surface area contributed by atoms with Crippen LogP contribution >= 0.6 is 11.6 Å². The molecule has 0 saturated heterocycles. The van der Waals surface area contributed by atoms with Crippen molar-refractivity contribution in [2.24, 2.45) is 0 Å². The van der Waals surface area contributed by atoms with Gasteiger partial charge in [-0.1, -0.05) is 17.7 Å². The summed E-state index contributed by atoms with van der Waals surface area (Å²) in [5.41, 5.74) is 1.41. The molecule has 0 atom stereocenters. The Balaban J connectivity index is 2.36. The molecule has 4 heteroatoms. The zero-order chi connectivity index (χ0) is 13.1. The highest BCUT2D eigenvalue weighted by Gasteiger charge is 2.09. The lowest BCUT2D eigenvalue weighted by Crippen LogP contribution is -1.94. The highest BCUT2D eigenvalue weighted by atomic mass is 35.5. The van der Waals surface area contributed by atoms with Crippen molar-refractivity contribution in [1.29, 1.82) is 0 Å². The van der Waals surface area contributed by atoms with Gasteiger partial charge in [-0.2, -0.15) is 0 Å². The van der Waals surface area contributed by atoms with Crippen LogP contribution in [-0.4, -0.2) is 5.11 Å². The number of rotatable bonds is 3. The van der Waals surface area contributed by atoms with Crippen LogP contribution in [0, 0.1) is 12.7 Å². The molecule has 0 fully saturated rings. The molecule has 18 heavy (non-hydrogen) atoms. The molecule has 0 aliphatic rings. The maximum atomic E-state index is 13.6. The summed E-state index contributed by atoms with van der Waals surface area (Å²) in [6, 6.07) is 9.44. The van der Waals surface area contributed by atoms with Crippen molar-refractivity contribution >= 4 is 11.6 Å². The summed E-state index contributed by atoms with van der Waals surface area (Å²) in [6.07, 6.45) is 0. The van der Waals surface area contributed by atoms with Gasteiger partial charge in [0, 0.05) is 10.6 Å². The molecule has 0 bridgehead atoms. The predicted molar refractivity (Wildman–Crippen MR) is 68.6 cm³/mol. The van der Waals surface area contributed by atoms with Gasteiger partial charge in [-0.3, -0.25) is 0 Å². The van der Waals surface area contributed by atoms with E-state index in [0.717, 1.165) is 5.56 Å². The molecule has 2 aromatic carbocycles. The quantitative estimate of drug-likeness (QED) is 0.907. The number of halogens is 2. The summed E-state index contributed by atoms with van der Waals surface area (Å²) < 4.78 is 19.0. The first-order valence-electron chi connectivity index (χ1n) is 5.43. The molecule has 0 aliphatic heterocycles. The first-order chi connectivity index (χ1) is 8.60. The fourth-order valence-corrected chi connectivity index (χ4v) is 1.77. The Morgan fingerprint density at radius 3 is 2.67 bits per heavy atom. The number of benzene rings is 2. The third-order valence-corrected chi connectivity index (χ3v) is 2.73. The van der Waals surface area contributed by atoms with E-state index in [9.17, 15) is 9.50 Å². The SMILES string of the molecule is Cc1ccc(F)c(Oc2ccc(Cl)cc2CO)c1. The molecule has 0 spiro atoms. The molecule has 0 amide bonds. The van der Waals surface area contributed by atoms with Gasteiger partial charge in [-0.05, 0) is 42.8 Å². The minimum absolute atomic E-state index is 0.132. The Morgan fingerprint density at radius 2 is 1.94 bits per heavy atom. The molecule has 2 rings (SSSR count). The summed E-state index contributed by atoms with van der Waals surface area (Å²) in [7, 11) is 0. The Labute approximate surface area is 110 Å². The van der Waals surface area contributed by atoms with E-state index in [1.54, 1.807) is 30.3 Å². The number of hydrogen-bond donors (Lipinski definition) is 1. The molecule has 0 saturated carbocycles. The molecule has 0 radical (unpaired) electrons. The van der Waals surface area contributed by atoms with Gasteiger partial charge in [0.1, 0.15) is 5.75 Å². The summed E-state index contributed by atoms with van der Waals surface area (Å²) in [6.45, 7) is 1.63. The summed E-state index contributed by atoms with van der Waals surface area (Å²) in [4.78, 5) is 0. The van der Waals surface area contributed by atoms with Gasteiger partial charge >= 0.3 is 0 Å². The monoisotopic (exact) mass is 266 g/mol. The summed E-state index contributed by atoms with van der Waals surface area (Å²) in [5.74, 6) is 0.0814. The first kappa shape index (κ1) is 12.9. The highest BCUT2D eigenvalue weighted by molar-refractivity contribution is 6.30. The predicted octanol–water partition coefficient (Wildman–Crippen LogP) is 4.07. The number of aliphatic hydroxyl groups is 1. The van der Waals surface area contributed by atoms with E-state index in [2.05, 4.69) is 0 Å². The topological polar surface area (TPSA) is 29.5 Å². The lowest BCUT2D eigenvalue weighted by atomic mass is 10.2. The maximum Gasteiger partial charge on any atom is 0.165 e. The minimum atomic E-state index is -0.445. The number of ether oxygens (including phenoxy) is 1. The highest BCUT2D eigenvalue weighted by Crippen LogP contribution is 2.30. The second-order valence-electron chi connectivity index (χ2n) is 3.95. The lowest BCUT2D eigenvalue weighted by Gasteiger charge is -2.11. The summed E-state index contributed by atoms with van der Waals surface area (Å²) in [5, 5.41) is 9.71. The van der Waals surface area contributed by atoms with E-state index >= 15 is 0 Å². The normalized spacial score (nSPS) is 10.4. The average Bonchev–Trinajstić information content (AvgIpc) is 2.36. The maximum absolute atomic E-state index is 13.6. The Kier molecular flexibility index (Phi) is 3.84. The molecular weight excluding hydrogens is 255 g/mol. The van der Waals surface area contributed by atoms with Crippen LogP contribution < -0.4 is 4.74 Å². The smallest absolute Gasteiger partial charge is 0.165 e. The fourth-order valence-electron chi connectivity index (χ4n) is 1.58. The van der Waals surface area contributed by atoms with Crippen LogP contribution in [0.2, 0.25) is 5.02 Å². The van der Waals surface area contributed by atoms with Crippen LogP contribution in [-0.2, 0) is 6.61 Å². The average molecular weight is 267 g/mol. The van der Waals surface area contributed by atoms with Gasteiger partial charge in [0.05, 0.1) is 6.61 Å². The third kappa shape index (κ3) is 2.81. The van der Waals surface area contributed by atoms with Gasteiger partial charge in [0.2, 0.25) is 0 Å². The second-order valence-corrected chi connectivity index (χ2v) is 4.38. The number of aliphatic hydroxyl groups excluding tert-OH is 1. The van der Waals surface area contributed by atoms with Crippen LogP contribution in [0.4, 0.5) is 4.39 Å². The molecule has 94 valence electrons. The molecule has 0 unspecified atom stereocenters. The summed E-state index contributed by atoms with van der Waals surface area (Å²) >= 11 is 5.81. The van der Waals surface area contributed by atoms with Gasteiger partial charge in [0.25, 0.3) is 0 Å². The van der Waals surface area contributed by atoms with Crippen LogP contribution in [0.1, 0.15) is 11.1 Å². The Hall–Kier alpha value is -1.58. The molecular formula is C14H12ClFO2. The lowest BCUT2D eigenvalue weighted by molar-refractivity contribution is 0.276. The van der Waals surface area contributed by atoms with Gasteiger partial charge in [-0.25, -0.2) is 4.39 Å². The Bertz CT molecular complexity index is 570. The van der Waals surface area contributed by atoms with Crippen LogP contribution in [0.3, 0.4) is 0 Å². The zero-order valence-electron chi connectivity index (χ0n) is 9.78. The second kappa shape index (κ2) is 5.38. The van der Waals surface area contributed by atoms with Gasteiger partial charge in [0.15, 0.2) is 11.6 Å². The zero-order valence-corrected chi connectivity index (χ0v) is 10.5. The van der Waals surface area contributed by atoms with Crippen molar-refractivity contribution in [2.75, 3.05) is 0 Å². The van der Waals surface area contributed by atoms with Gasteiger partial charge in [-0.15, -0.1) is 0 Å². The van der Waals surface area contributed by atoms with Crippen molar-refractivity contribution in [3.8, 4) is 11.5 Å². The molecule has 2 nitrogen and oxygen atoms in total. The van der Waals surface area contributed by atoms with Crippen molar-refractivity contribution in [3.63, 3.8) is 0 Å². The molecule has 0 aliphatic carbocycles. The van der Waals surface area contributed by atoms with Crippen LogP contribution in [0.25, 0.3) is 0 Å². The van der Waals surface area contributed by atoms with Crippen molar-refractivity contribution in [1.82, 2.24) is 0 Å².